The lowest BCUT2D eigenvalue weighted by Gasteiger charge is -2.29. The molecule has 0 saturated carbocycles. The molecule has 7 heteroatoms. The van der Waals surface area contributed by atoms with Gasteiger partial charge in [0, 0.05) is 43.2 Å². The second-order valence-corrected chi connectivity index (χ2v) is 8.75. The maximum atomic E-state index is 13.1. The SMILES string of the molecule is CC1(C)CCC(CNCc2cccc3c2C(=O)N(C2CCC(=O)NC2=O)C3)N1. The molecule has 2 saturated heterocycles. The first-order chi connectivity index (χ1) is 13.3. The van der Waals surface area contributed by atoms with Gasteiger partial charge in [-0.15, -0.1) is 0 Å². The van der Waals surface area contributed by atoms with Crippen molar-refractivity contribution in [2.24, 2.45) is 0 Å². The van der Waals surface area contributed by atoms with Crippen molar-refractivity contribution in [1.29, 1.82) is 0 Å². The number of imide groups is 1. The molecule has 3 amide bonds. The molecule has 7 nitrogen and oxygen atoms in total. The number of nitrogens with zero attached hydrogens (tertiary/aromatic N) is 1. The van der Waals surface area contributed by atoms with Gasteiger partial charge in [0.1, 0.15) is 6.04 Å². The summed E-state index contributed by atoms with van der Waals surface area (Å²) in [5.74, 6) is -0.743. The molecule has 3 heterocycles. The highest BCUT2D eigenvalue weighted by Crippen LogP contribution is 2.30. The Morgan fingerprint density at radius 1 is 1.21 bits per heavy atom. The zero-order chi connectivity index (χ0) is 19.9. The summed E-state index contributed by atoms with van der Waals surface area (Å²) in [6.07, 6.45) is 2.98. The molecular formula is C21H28N4O3. The van der Waals surface area contributed by atoms with E-state index in [9.17, 15) is 14.4 Å². The van der Waals surface area contributed by atoms with E-state index in [2.05, 4.69) is 29.8 Å². The average molecular weight is 384 g/mol. The highest BCUT2D eigenvalue weighted by Gasteiger charge is 2.40. The van der Waals surface area contributed by atoms with Crippen molar-refractivity contribution in [3.63, 3.8) is 0 Å². The van der Waals surface area contributed by atoms with Crippen LogP contribution in [0.15, 0.2) is 18.2 Å². The van der Waals surface area contributed by atoms with Gasteiger partial charge in [0.15, 0.2) is 0 Å². The van der Waals surface area contributed by atoms with Crippen LogP contribution in [0, 0.1) is 0 Å². The first kappa shape index (κ1) is 19.1. The van der Waals surface area contributed by atoms with Crippen LogP contribution in [0.1, 0.15) is 61.0 Å². The van der Waals surface area contributed by atoms with Crippen molar-refractivity contribution in [1.82, 2.24) is 20.9 Å². The molecule has 0 radical (unpaired) electrons. The number of carbonyl (C=O) groups excluding carboxylic acids is 3. The number of hydrogen-bond acceptors (Lipinski definition) is 5. The number of nitrogens with one attached hydrogen (secondary N) is 3. The van der Waals surface area contributed by atoms with Crippen molar-refractivity contribution in [3.8, 4) is 0 Å². The molecule has 28 heavy (non-hydrogen) atoms. The Bertz CT molecular complexity index is 820. The normalized spacial score (nSPS) is 26.5. The van der Waals surface area contributed by atoms with Crippen LogP contribution in [0.3, 0.4) is 0 Å². The van der Waals surface area contributed by atoms with E-state index in [1.807, 2.05) is 18.2 Å². The van der Waals surface area contributed by atoms with Gasteiger partial charge in [0.2, 0.25) is 11.8 Å². The quantitative estimate of drug-likeness (QED) is 0.661. The predicted octanol–water partition coefficient (Wildman–Crippen LogP) is 1.07. The Hall–Kier alpha value is -2.25. The lowest BCUT2D eigenvalue weighted by Crippen LogP contribution is -2.52. The summed E-state index contributed by atoms with van der Waals surface area (Å²) in [6, 6.07) is 5.77. The summed E-state index contributed by atoms with van der Waals surface area (Å²) in [7, 11) is 0. The molecule has 2 atom stereocenters. The second kappa shape index (κ2) is 7.29. The molecule has 0 bridgehead atoms. The fourth-order valence-electron chi connectivity index (χ4n) is 4.60. The van der Waals surface area contributed by atoms with E-state index in [0.717, 1.165) is 24.1 Å². The van der Waals surface area contributed by atoms with E-state index in [-0.39, 0.29) is 29.7 Å². The van der Waals surface area contributed by atoms with Crippen LogP contribution in [0.2, 0.25) is 0 Å². The van der Waals surface area contributed by atoms with E-state index in [0.29, 0.717) is 31.1 Å². The predicted molar refractivity (Wildman–Crippen MR) is 104 cm³/mol. The highest BCUT2D eigenvalue weighted by atomic mass is 16.2. The van der Waals surface area contributed by atoms with E-state index in [4.69, 9.17) is 0 Å². The summed E-state index contributed by atoms with van der Waals surface area (Å²) >= 11 is 0. The molecule has 3 aliphatic heterocycles. The maximum Gasteiger partial charge on any atom is 0.255 e. The van der Waals surface area contributed by atoms with Crippen LogP contribution in [-0.2, 0) is 22.7 Å². The van der Waals surface area contributed by atoms with Crippen LogP contribution in [0.5, 0.6) is 0 Å². The molecule has 3 aliphatic rings. The smallest absolute Gasteiger partial charge is 0.255 e. The molecule has 0 aromatic heterocycles. The van der Waals surface area contributed by atoms with E-state index in [1.54, 1.807) is 4.90 Å². The Labute approximate surface area is 165 Å². The fourth-order valence-corrected chi connectivity index (χ4v) is 4.60. The average Bonchev–Trinajstić information content (AvgIpc) is 3.15. The van der Waals surface area contributed by atoms with Crippen LogP contribution >= 0.6 is 0 Å². The minimum absolute atomic E-state index is 0.109. The number of hydrogen-bond donors (Lipinski definition) is 3. The number of piperidine rings is 1. The van der Waals surface area contributed by atoms with Gasteiger partial charge >= 0.3 is 0 Å². The fraction of sp³-hybridized carbons (Fsp3) is 0.571. The number of benzene rings is 1. The Balaban J connectivity index is 1.42. The number of carbonyl (C=O) groups is 3. The van der Waals surface area contributed by atoms with Gasteiger partial charge < -0.3 is 15.5 Å². The molecule has 1 aromatic rings. The minimum Gasteiger partial charge on any atom is -0.322 e. The summed E-state index contributed by atoms with van der Waals surface area (Å²) < 4.78 is 0. The monoisotopic (exact) mass is 384 g/mol. The maximum absolute atomic E-state index is 13.1. The molecule has 2 unspecified atom stereocenters. The summed E-state index contributed by atoms with van der Waals surface area (Å²) in [6.45, 7) is 6.35. The molecule has 1 aromatic carbocycles. The van der Waals surface area contributed by atoms with Crippen molar-refractivity contribution in [2.45, 2.75) is 70.2 Å². The van der Waals surface area contributed by atoms with Crippen LogP contribution in [0.4, 0.5) is 0 Å². The summed E-state index contributed by atoms with van der Waals surface area (Å²) in [5, 5.41) is 9.46. The zero-order valence-electron chi connectivity index (χ0n) is 16.5. The lowest BCUT2D eigenvalue weighted by atomic mass is 10.0. The Kier molecular flexibility index (Phi) is 4.97. The van der Waals surface area contributed by atoms with Gasteiger partial charge in [0.05, 0.1) is 0 Å². The van der Waals surface area contributed by atoms with Crippen molar-refractivity contribution in [2.75, 3.05) is 6.54 Å². The molecular weight excluding hydrogens is 356 g/mol. The number of amides is 3. The van der Waals surface area contributed by atoms with E-state index < -0.39 is 6.04 Å². The van der Waals surface area contributed by atoms with Gasteiger partial charge in [-0.25, -0.2) is 0 Å². The van der Waals surface area contributed by atoms with Crippen molar-refractivity contribution >= 4 is 17.7 Å². The van der Waals surface area contributed by atoms with Gasteiger partial charge in [-0.05, 0) is 44.2 Å². The highest BCUT2D eigenvalue weighted by molar-refractivity contribution is 6.05. The summed E-state index contributed by atoms with van der Waals surface area (Å²) in [4.78, 5) is 38.3. The lowest BCUT2D eigenvalue weighted by molar-refractivity contribution is -0.136. The van der Waals surface area contributed by atoms with E-state index in [1.165, 1.54) is 6.42 Å². The first-order valence-corrected chi connectivity index (χ1v) is 10.1. The Morgan fingerprint density at radius 3 is 2.75 bits per heavy atom. The summed E-state index contributed by atoms with van der Waals surface area (Å²) in [5.41, 5.74) is 2.82. The van der Waals surface area contributed by atoms with Crippen LogP contribution in [0.25, 0.3) is 0 Å². The van der Waals surface area contributed by atoms with Crippen LogP contribution in [-0.4, -0.2) is 46.8 Å². The molecule has 150 valence electrons. The topological polar surface area (TPSA) is 90.5 Å². The van der Waals surface area contributed by atoms with E-state index >= 15 is 0 Å². The number of fused-ring (bicyclic) bond motifs is 1. The largest absolute Gasteiger partial charge is 0.322 e. The van der Waals surface area contributed by atoms with Crippen molar-refractivity contribution < 1.29 is 14.4 Å². The van der Waals surface area contributed by atoms with Gasteiger partial charge in [0.25, 0.3) is 5.91 Å². The molecule has 2 fully saturated rings. The van der Waals surface area contributed by atoms with Gasteiger partial charge in [-0.1, -0.05) is 18.2 Å². The van der Waals surface area contributed by atoms with Gasteiger partial charge in [-0.3, -0.25) is 19.7 Å². The van der Waals surface area contributed by atoms with Crippen LogP contribution < -0.4 is 16.0 Å². The molecule has 4 rings (SSSR count). The molecule has 0 spiro atoms. The standard InChI is InChI=1S/C21H28N4O3/c1-21(2)9-8-15(24-21)11-22-10-13-4-3-5-14-12-25(20(28)18(13)14)16-6-7-17(26)23-19(16)27/h3-5,15-16,22,24H,6-12H2,1-2H3,(H,23,26,27). The van der Waals surface area contributed by atoms with Crippen molar-refractivity contribution in [3.05, 3.63) is 34.9 Å². The minimum atomic E-state index is -0.566. The number of rotatable bonds is 5. The Morgan fingerprint density at radius 2 is 2.04 bits per heavy atom. The van der Waals surface area contributed by atoms with Gasteiger partial charge in [-0.2, -0.15) is 0 Å². The third-order valence-electron chi connectivity index (χ3n) is 6.06. The molecule has 0 aliphatic carbocycles. The third kappa shape index (κ3) is 3.69. The zero-order valence-corrected chi connectivity index (χ0v) is 16.5. The second-order valence-electron chi connectivity index (χ2n) is 8.75. The molecule has 3 N–H and O–H groups in total. The first-order valence-electron chi connectivity index (χ1n) is 10.1. The third-order valence-corrected chi connectivity index (χ3v) is 6.06.